The van der Waals surface area contributed by atoms with E-state index in [1.807, 2.05) is 0 Å². The fourth-order valence-corrected chi connectivity index (χ4v) is 5.30. The molecule has 2 heteroatoms. The SMILES string of the molecule is CCC1CCCCC1Nc1ccccc1SC1CCCC1. The third kappa shape index (κ3) is 3.97. The molecule has 0 bridgehead atoms. The van der Waals surface area contributed by atoms with Crippen LogP contribution in [0.25, 0.3) is 0 Å². The predicted molar refractivity (Wildman–Crippen MR) is 94.2 cm³/mol. The molecular weight excluding hydrogens is 274 g/mol. The molecule has 0 spiro atoms. The number of thioether (sulfide) groups is 1. The van der Waals surface area contributed by atoms with Gasteiger partial charge in [0.2, 0.25) is 0 Å². The monoisotopic (exact) mass is 303 g/mol. The van der Waals surface area contributed by atoms with Crippen LogP contribution in [0.3, 0.4) is 0 Å². The molecule has 3 rings (SSSR count). The van der Waals surface area contributed by atoms with Crippen LogP contribution < -0.4 is 5.32 Å². The fourth-order valence-electron chi connectivity index (χ4n) is 3.96. The number of benzene rings is 1. The summed E-state index contributed by atoms with van der Waals surface area (Å²) in [5.74, 6) is 0.864. The first-order chi connectivity index (χ1) is 10.4. The van der Waals surface area contributed by atoms with Crippen molar-refractivity contribution in [2.24, 2.45) is 5.92 Å². The minimum Gasteiger partial charge on any atom is -0.381 e. The highest BCUT2D eigenvalue weighted by Gasteiger charge is 2.24. The summed E-state index contributed by atoms with van der Waals surface area (Å²) in [6.07, 6.45) is 12.5. The molecule has 2 atom stereocenters. The zero-order valence-electron chi connectivity index (χ0n) is 13.3. The van der Waals surface area contributed by atoms with Crippen molar-refractivity contribution in [3.05, 3.63) is 24.3 Å². The van der Waals surface area contributed by atoms with E-state index in [2.05, 4.69) is 48.3 Å². The lowest BCUT2D eigenvalue weighted by Crippen LogP contribution is -2.32. The molecule has 0 aliphatic heterocycles. The van der Waals surface area contributed by atoms with E-state index in [0.29, 0.717) is 6.04 Å². The van der Waals surface area contributed by atoms with Gasteiger partial charge in [-0.2, -0.15) is 0 Å². The first-order valence-electron chi connectivity index (χ1n) is 8.89. The van der Waals surface area contributed by atoms with Gasteiger partial charge in [-0.3, -0.25) is 0 Å². The Morgan fingerprint density at radius 3 is 2.52 bits per heavy atom. The number of para-hydroxylation sites is 1. The first-order valence-corrected chi connectivity index (χ1v) is 9.77. The third-order valence-electron chi connectivity index (χ3n) is 5.26. The Kier molecular flexibility index (Phi) is 5.51. The van der Waals surface area contributed by atoms with Crippen LogP contribution in [0.5, 0.6) is 0 Å². The van der Waals surface area contributed by atoms with Crippen LogP contribution in [0.2, 0.25) is 0 Å². The van der Waals surface area contributed by atoms with Gasteiger partial charge in [-0.15, -0.1) is 11.8 Å². The topological polar surface area (TPSA) is 12.0 Å². The van der Waals surface area contributed by atoms with Crippen LogP contribution in [0, 0.1) is 5.92 Å². The van der Waals surface area contributed by atoms with Crippen molar-refractivity contribution in [2.45, 2.75) is 80.9 Å². The Hall–Kier alpha value is -0.630. The van der Waals surface area contributed by atoms with Crippen molar-refractivity contribution >= 4 is 17.4 Å². The zero-order chi connectivity index (χ0) is 14.5. The van der Waals surface area contributed by atoms with Crippen molar-refractivity contribution in [1.82, 2.24) is 0 Å². The van der Waals surface area contributed by atoms with Crippen molar-refractivity contribution in [3.63, 3.8) is 0 Å². The van der Waals surface area contributed by atoms with E-state index in [1.54, 1.807) is 0 Å². The maximum atomic E-state index is 3.90. The smallest absolute Gasteiger partial charge is 0.0480 e. The molecular formula is C19H29NS. The minimum absolute atomic E-state index is 0.689. The second-order valence-electron chi connectivity index (χ2n) is 6.72. The third-order valence-corrected chi connectivity index (χ3v) is 6.67. The molecule has 0 aromatic heterocycles. The summed E-state index contributed by atoms with van der Waals surface area (Å²) < 4.78 is 0. The first kappa shape index (κ1) is 15.3. The van der Waals surface area contributed by atoms with Gasteiger partial charge in [-0.25, -0.2) is 0 Å². The van der Waals surface area contributed by atoms with E-state index in [0.717, 1.165) is 11.2 Å². The van der Waals surface area contributed by atoms with Gasteiger partial charge in [0, 0.05) is 21.9 Å². The normalized spacial score (nSPS) is 26.9. The van der Waals surface area contributed by atoms with Crippen LogP contribution in [0.1, 0.15) is 64.7 Å². The van der Waals surface area contributed by atoms with Gasteiger partial charge >= 0.3 is 0 Å². The average Bonchev–Trinajstić information content (AvgIpc) is 3.03. The van der Waals surface area contributed by atoms with Gasteiger partial charge in [-0.05, 0) is 43.7 Å². The lowest BCUT2D eigenvalue weighted by Gasteiger charge is -2.33. The Morgan fingerprint density at radius 2 is 1.71 bits per heavy atom. The molecule has 1 aromatic carbocycles. The molecule has 0 saturated heterocycles. The molecule has 116 valence electrons. The van der Waals surface area contributed by atoms with Crippen LogP contribution in [-0.4, -0.2) is 11.3 Å². The number of nitrogens with one attached hydrogen (secondary N) is 1. The van der Waals surface area contributed by atoms with Crippen molar-refractivity contribution in [1.29, 1.82) is 0 Å². The number of rotatable bonds is 5. The van der Waals surface area contributed by atoms with Gasteiger partial charge in [0.05, 0.1) is 0 Å². The molecule has 1 nitrogen and oxygen atoms in total. The van der Waals surface area contributed by atoms with Gasteiger partial charge in [0.15, 0.2) is 0 Å². The summed E-state index contributed by atoms with van der Waals surface area (Å²) in [6.45, 7) is 2.35. The van der Waals surface area contributed by atoms with Gasteiger partial charge in [0.25, 0.3) is 0 Å². The molecule has 2 aliphatic carbocycles. The molecule has 0 amide bonds. The summed E-state index contributed by atoms with van der Waals surface area (Å²) in [6, 6.07) is 9.67. The molecule has 2 saturated carbocycles. The molecule has 2 aliphatic rings. The van der Waals surface area contributed by atoms with E-state index >= 15 is 0 Å². The molecule has 2 fully saturated rings. The van der Waals surface area contributed by atoms with Crippen LogP contribution in [0.15, 0.2) is 29.2 Å². The summed E-state index contributed by atoms with van der Waals surface area (Å²) in [4.78, 5) is 1.48. The molecule has 21 heavy (non-hydrogen) atoms. The summed E-state index contributed by atoms with van der Waals surface area (Å²) >= 11 is 2.11. The quantitative estimate of drug-likeness (QED) is 0.705. The van der Waals surface area contributed by atoms with E-state index in [9.17, 15) is 0 Å². The molecule has 2 unspecified atom stereocenters. The molecule has 1 N–H and O–H groups in total. The van der Waals surface area contributed by atoms with Crippen molar-refractivity contribution < 1.29 is 0 Å². The van der Waals surface area contributed by atoms with E-state index in [-0.39, 0.29) is 0 Å². The molecule has 1 aromatic rings. The molecule has 0 heterocycles. The zero-order valence-corrected chi connectivity index (χ0v) is 14.1. The van der Waals surface area contributed by atoms with Gasteiger partial charge in [0.1, 0.15) is 0 Å². The Bertz CT molecular complexity index is 439. The van der Waals surface area contributed by atoms with Gasteiger partial charge in [-0.1, -0.05) is 51.2 Å². The van der Waals surface area contributed by atoms with E-state index in [1.165, 1.54) is 68.4 Å². The largest absolute Gasteiger partial charge is 0.381 e. The molecule has 0 radical (unpaired) electrons. The van der Waals surface area contributed by atoms with Crippen LogP contribution in [-0.2, 0) is 0 Å². The summed E-state index contributed by atoms with van der Waals surface area (Å²) in [5, 5.41) is 4.75. The highest BCUT2D eigenvalue weighted by atomic mass is 32.2. The van der Waals surface area contributed by atoms with Crippen molar-refractivity contribution in [2.75, 3.05) is 5.32 Å². The Morgan fingerprint density at radius 1 is 1.00 bits per heavy atom. The standard InChI is InChI=1S/C19H29NS/c1-2-15-9-3-6-12-17(15)20-18-13-7-8-14-19(18)21-16-10-4-5-11-16/h7-8,13-17,20H,2-6,9-12H2,1H3. The highest BCUT2D eigenvalue weighted by Crippen LogP contribution is 2.39. The maximum absolute atomic E-state index is 3.90. The van der Waals surface area contributed by atoms with Crippen LogP contribution >= 0.6 is 11.8 Å². The lowest BCUT2D eigenvalue weighted by atomic mass is 9.83. The van der Waals surface area contributed by atoms with Crippen LogP contribution in [0.4, 0.5) is 5.69 Å². The fraction of sp³-hybridized carbons (Fsp3) is 0.684. The predicted octanol–water partition coefficient (Wildman–Crippen LogP) is 6.10. The second-order valence-corrected chi connectivity index (χ2v) is 8.07. The van der Waals surface area contributed by atoms with Crippen molar-refractivity contribution in [3.8, 4) is 0 Å². The maximum Gasteiger partial charge on any atom is 0.0480 e. The number of anilines is 1. The second kappa shape index (κ2) is 7.58. The Labute approximate surface area is 134 Å². The highest BCUT2D eigenvalue weighted by molar-refractivity contribution is 8.00. The number of hydrogen-bond acceptors (Lipinski definition) is 2. The van der Waals surface area contributed by atoms with E-state index in [4.69, 9.17) is 0 Å². The minimum atomic E-state index is 0.689. The summed E-state index contributed by atoms with van der Waals surface area (Å²) in [5.41, 5.74) is 1.39. The van der Waals surface area contributed by atoms with E-state index < -0.39 is 0 Å². The van der Waals surface area contributed by atoms with Gasteiger partial charge < -0.3 is 5.32 Å². The average molecular weight is 304 g/mol. The number of hydrogen-bond donors (Lipinski definition) is 1. The Balaban J connectivity index is 1.68. The lowest BCUT2D eigenvalue weighted by molar-refractivity contribution is 0.317. The summed E-state index contributed by atoms with van der Waals surface area (Å²) in [7, 11) is 0.